The molecule has 4 N–H and O–H groups in total. The summed E-state index contributed by atoms with van der Waals surface area (Å²) >= 11 is 0. The number of hydrogen-bond donors (Lipinski definition) is 3. The first kappa shape index (κ1) is 13.9. The first-order chi connectivity index (χ1) is 7.10. The highest BCUT2D eigenvalue weighted by Gasteiger charge is 2.10. The minimum Gasteiger partial charge on any atom is -0.380 e. The van der Waals surface area contributed by atoms with Gasteiger partial charge in [0.15, 0.2) is 0 Å². The molecular formula is C9H19N3O3. The SMILES string of the molecule is COC(CN)CC(=O)NCCNC(C)=O. The summed E-state index contributed by atoms with van der Waals surface area (Å²) in [5, 5.41) is 5.22. The summed E-state index contributed by atoms with van der Waals surface area (Å²) in [6.07, 6.45) is -0.00153. The zero-order valence-electron chi connectivity index (χ0n) is 9.21. The molecule has 1 atom stereocenters. The highest BCUT2D eigenvalue weighted by molar-refractivity contribution is 5.76. The van der Waals surface area contributed by atoms with E-state index in [9.17, 15) is 9.59 Å². The number of hydrogen-bond acceptors (Lipinski definition) is 4. The number of carbonyl (C=O) groups is 2. The van der Waals surface area contributed by atoms with Crippen molar-refractivity contribution >= 4 is 11.8 Å². The minimum absolute atomic E-state index is 0.110. The molecule has 15 heavy (non-hydrogen) atoms. The highest BCUT2D eigenvalue weighted by Crippen LogP contribution is 1.93. The number of methoxy groups -OCH3 is 1. The van der Waals surface area contributed by atoms with E-state index in [0.717, 1.165) is 0 Å². The Bertz CT molecular complexity index is 205. The van der Waals surface area contributed by atoms with E-state index in [0.29, 0.717) is 19.6 Å². The number of carbonyl (C=O) groups excluding carboxylic acids is 2. The van der Waals surface area contributed by atoms with E-state index >= 15 is 0 Å². The molecule has 0 aromatic rings. The van der Waals surface area contributed by atoms with Crippen LogP contribution < -0.4 is 16.4 Å². The summed E-state index contributed by atoms with van der Waals surface area (Å²) in [4.78, 5) is 21.8. The minimum atomic E-state index is -0.245. The molecule has 6 nitrogen and oxygen atoms in total. The van der Waals surface area contributed by atoms with E-state index in [1.165, 1.54) is 14.0 Å². The van der Waals surface area contributed by atoms with Crippen molar-refractivity contribution < 1.29 is 14.3 Å². The van der Waals surface area contributed by atoms with Gasteiger partial charge >= 0.3 is 0 Å². The Balaban J connectivity index is 3.52. The Hall–Kier alpha value is -1.14. The maximum absolute atomic E-state index is 11.3. The maximum atomic E-state index is 11.3. The zero-order chi connectivity index (χ0) is 11.7. The van der Waals surface area contributed by atoms with Gasteiger partial charge in [0.25, 0.3) is 0 Å². The van der Waals surface area contributed by atoms with Gasteiger partial charge in [-0.15, -0.1) is 0 Å². The van der Waals surface area contributed by atoms with Crippen LogP contribution in [0.1, 0.15) is 13.3 Å². The van der Waals surface area contributed by atoms with Crippen LogP contribution in [0.5, 0.6) is 0 Å². The number of rotatable bonds is 7. The summed E-state index contributed by atoms with van der Waals surface area (Å²) in [6.45, 7) is 2.59. The molecule has 0 bridgehead atoms. The van der Waals surface area contributed by atoms with Gasteiger partial charge in [-0.25, -0.2) is 0 Å². The van der Waals surface area contributed by atoms with Crippen molar-refractivity contribution in [2.45, 2.75) is 19.4 Å². The molecule has 0 heterocycles. The predicted octanol–water partition coefficient (Wildman–Crippen LogP) is -1.40. The van der Waals surface area contributed by atoms with E-state index < -0.39 is 0 Å². The smallest absolute Gasteiger partial charge is 0.222 e. The topological polar surface area (TPSA) is 93.4 Å². The predicted molar refractivity (Wildman–Crippen MR) is 56.2 cm³/mol. The number of ether oxygens (including phenoxy) is 1. The van der Waals surface area contributed by atoms with Crippen LogP contribution in [0.2, 0.25) is 0 Å². The number of nitrogens with two attached hydrogens (primary N) is 1. The highest BCUT2D eigenvalue weighted by atomic mass is 16.5. The van der Waals surface area contributed by atoms with E-state index in [1.54, 1.807) is 0 Å². The van der Waals surface area contributed by atoms with Gasteiger partial charge in [0.1, 0.15) is 0 Å². The molecule has 2 amide bonds. The number of nitrogens with one attached hydrogen (secondary N) is 2. The molecule has 0 rings (SSSR count). The van der Waals surface area contributed by atoms with E-state index in [1.807, 2.05) is 0 Å². The van der Waals surface area contributed by atoms with Crippen LogP contribution in [-0.4, -0.2) is 44.7 Å². The Morgan fingerprint density at radius 1 is 1.33 bits per heavy atom. The normalized spacial score (nSPS) is 11.9. The first-order valence-electron chi connectivity index (χ1n) is 4.84. The fourth-order valence-electron chi connectivity index (χ4n) is 0.982. The summed E-state index contributed by atoms with van der Waals surface area (Å²) in [6, 6.07) is 0. The lowest BCUT2D eigenvalue weighted by atomic mass is 10.2. The second kappa shape index (κ2) is 8.19. The Labute approximate surface area is 89.5 Å². The molecule has 0 spiro atoms. The molecule has 0 aliphatic heterocycles. The standard InChI is InChI=1S/C9H19N3O3/c1-7(13)11-3-4-12-9(14)5-8(6-10)15-2/h8H,3-6,10H2,1-2H3,(H,11,13)(H,12,14). The monoisotopic (exact) mass is 217 g/mol. The summed E-state index contributed by atoms with van der Waals surface area (Å²) < 4.78 is 4.96. The largest absolute Gasteiger partial charge is 0.380 e. The quantitative estimate of drug-likeness (QED) is 0.457. The first-order valence-corrected chi connectivity index (χ1v) is 4.84. The molecule has 0 aromatic carbocycles. The fourth-order valence-corrected chi connectivity index (χ4v) is 0.982. The van der Waals surface area contributed by atoms with Crippen LogP contribution in [0.3, 0.4) is 0 Å². The average Bonchev–Trinajstić information content (AvgIpc) is 2.20. The third-order valence-corrected chi connectivity index (χ3v) is 1.83. The van der Waals surface area contributed by atoms with Gasteiger partial charge in [0.05, 0.1) is 12.5 Å². The average molecular weight is 217 g/mol. The molecule has 0 aliphatic rings. The van der Waals surface area contributed by atoms with Crippen molar-refractivity contribution in [3.63, 3.8) is 0 Å². The van der Waals surface area contributed by atoms with E-state index in [4.69, 9.17) is 10.5 Å². The van der Waals surface area contributed by atoms with Crippen LogP contribution in [0, 0.1) is 0 Å². The van der Waals surface area contributed by atoms with Crippen LogP contribution in [0.15, 0.2) is 0 Å². The van der Waals surface area contributed by atoms with Crippen molar-refractivity contribution in [2.75, 3.05) is 26.7 Å². The van der Waals surface area contributed by atoms with E-state index in [-0.39, 0.29) is 24.3 Å². The molecule has 6 heteroatoms. The molecule has 0 saturated heterocycles. The van der Waals surface area contributed by atoms with Crippen molar-refractivity contribution in [3.8, 4) is 0 Å². The second-order valence-electron chi connectivity index (χ2n) is 3.13. The van der Waals surface area contributed by atoms with Gasteiger partial charge in [0.2, 0.25) is 11.8 Å². The second-order valence-corrected chi connectivity index (χ2v) is 3.13. The van der Waals surface area contributed by atoms with Gasteiger partial charge < -0.3 is 21.1 Å². The Morgan fingerprint density at radius 3 is 2.40 bits per heavy atom. The molecule has 0 fully saturated rings. The van der Waals surface area contributed by atoms with Crippen LogP contribution in [0.25, 0.3) is 0 Å². The lowest BCUT2D eigenvalue weighted by Crippen LogP contribution is -2.36. The summed E-state index contributed by atoms with van der Waals surface area (Å²) in [5.74, 6) is -0.237. The van der Waals surface area contributed by atoms with Crippen LogP contribution >= 0.6 is 0 Å². The van der Waals surface area contributed by atoms with Gasteiger partial charge in [0, 0.05) is 33.7 Å². The molecule has 0 radical (unpaired) electrons. The van der Waals surface area contributed by atoms with Crippen LogP contribution in [-0.2, 0) is 14.3 Å². The Morgan fingerprint density at radius 2 is 1.93 bits per heavy atom. The summed E-state index contributed by atoms with van der Waals surface area (Å²) in [7, 11) is 1.52. The van der Waals surface area contributed by atoms with Gasteiger partial charge in [-0.1, -0.05) is 0 Å². The molecular weight excluding hydrogens is 198 g/mol. The fraction of sp³-hybridized carbons (Fsp3) is 0.778. The van der Waals surface area contributed by atoms with Gasteiger partial charge in [-0.3, -0.25) is 9.59 Å². The zero-order valence-corrected chi connectivity index (χ0v) is 9.21. The number of amides is 2. The van der Waals surface area contributed by atoms with Gasteiger partial charge in [-0.05, 0) is 0 Å². The van der Waals surface area contributed by atoms with Gasteiger partial charge in [-0.2, -0.15) is 0 Å². The lowest BCUT2D eigenvalue weighted by Gasteiger charge is -2.12. The van der Waals surface area contributed by atoms with Crippen molar-refractivity contribution in [1.82, 2.24) is 10.6 Å². The third kappa shape index (κ3) is 7.90. The van der Waals surface area contributed by atoms with Crippen molar-refractivity contribution in [3.05, 3.63) is 0 Å². The molecule has 0 aliphatic carbocycles. The lowest BCUT2D eigenvalue weighted by molar-refractivity contribution is -0.124. The van der Waals surface area contributed by atoms with Crippen LogP contribution in [0.4, 0.5) is 0 Å². The molecule has 1 unspecified atom stereocenters. The Kier molecular flexibility index (Phi) is 7.57. The van der Waals surface area contributed by atoms with E-state index in [2.05, 4.69) is 10.6 Å². The summed E-state index contributed by atoms with van der Waals surface area (Å²) in [5.41, 5.74) is 5.36. The molecule has 88 valence electrons. The maximum Gasteiger partial charge on any atom is 0.222 e. The van der Waals surface area contributed by atoms with Crippen molar-refractivity contribution in [1.29, 1.82) is 0 Å². The molecule has 0 aromatic heterocycles. The third-order valence-electron chi connectivity index (χ3n) is 1.83. The van der Waals surface area contributed by atoms with Crippen molar-refractivity contribution in [2.24, 2.45) is 5.73 Å². The molecule has 0 saturated carbocycles.